The number of amides is 1. The normalized spacial score (nSPS) is 11.3. The van der Waals surface area contributed by atoms with Gasteiger partial charge in [0.1, 0.15) is 5.69 Å². The minimum atomic E-state index is -0.271. The number of hydrogen-bond acceptors (Lipinski definition) is 2. The first kappa shape index (κ1) is 14.2. The van der Waals surface area contributed by atoms with Crippen LogP contribution in [0, 0.1) is 0 Å². The minimum absolute atomic E-state index is 0.125. The van der Waals surface area contributed by atoms with E-state index in [1.807, 2.05) is 32.0 Å². The Hall–Kier alpha value is -2.23. The number of aryl methyl sites for hydroxylation is 1. The standard InChI is InChI=1S/C16H21N3O/c1-16(2,9-8-12-6-4-3-5-7-12)19-15(20)14-10-13(17)11-18-14/h3-7,10-11,18H,8-9,17H2,1-2H3,(H,19,20). The van der Waals surface area contributed by atoms with Gasteiger partial charge >= 0.3 is 0 Å². The van der Waals surface area contributed by atoms with Gasteiger partial charge in [-0.15, -0.1) is 0 Å². The van der Waals surface area contributed by atoms with E-state index >= 15 is 0 Å². The monoisotopic (exact) mass is 271 g/mol. The van der Waals surface area contributed by atoms with Crippen LogP contribution in [0.15, 0.2) is 42.6 Å². The maximum absolute atomic E-state index is 12.1. The summed E-state index contributed by atoms with van der Waals surface area (Å²) >= 11 is 0. The van der Waals surface area contributed by atoms with Crippen molar-refractivity contribution in [2.75, 3.05) is 5.73 Å². The maximum atomic E-state index is 12.1. The minimum Gasteiger partial charge on any atom is -0.397 e. The van der Waals surface area contributed by atoms with Gasteiger partial charge in [-0.05, 0) is 38.3 Å². The molecule has 4 nitrogen and oxygen atoms in total. The third kappa shape index (κ3) is 3.88. The van der Waals surface area contributed by atoms with Crippen LogP contribution >= 0.6 is 0 Å². The zero-order chi connectivity index (χ0) is 14.6. The Morgan fingerprint density at radius 2 is 2.00 bits per heavy atom. The second kappa shape index (κ2) is 5.82. The molecule has 106 valence electrons. The molecule has 1 aromatic carbocycles. The van der Waals surface area contributed by atoms with Gasteiger partial charge in [-0.1, -0.05) is 30.3 Å². The molecule has 0 atom stereocenters. The van der Waals surface area contributed by atoms with Crippen LogP contribution in [-0.2, 0) is 6.42 Å². The van der Waals surface area contributed by atoms with Crippen LogP contribution in [0.2, 0.25) is 0 Å². The van der Waals surface area contributed by atoms with Gasteiger partial charge in [0.25, 0.3) is 5.91 Å². The summed E-state index contributed by atoms with van der Waals surface area (Å²) in [5.41, 5.74) is 7.67. The molecule has 0 saturated carbocycles. The first-order valence-corrected chi connectivity index (χ1v) is 6.77. The van der Waals surface area contributed by atoms with Crippen molar-refractivity contribution >= 4 is 11.6 Å². The molecule has 0 bridgehead atoms. The van der Waals surface area contributed by atoms with Gasteiger partial charge in [0.15, 0.2) is 0 Å². The predicted molar refractivity (Wildman–Crippen MR) is 81.5 cm³/mol. The van der Waals surface area contributed by atoms with E-state index in [2.05, 4.69) is 22.4 Å². The van der Waals surface area contributed by atoms with Crippen LogP contribution < -0.4 is 11.1 Å². The van der Waals surface area contributed by atoms with Crippen molar-refractivity contribution in [3.05, 3.63) is 53.9 Å². The average molecular weight is 271 g/mol. The Kier molecular flexibility index (Phi) is 4.13. The summed E-state index contributed by atoms with van der Waals surface area (Å²) < 4.78 is 0. The third-order valence-electron chi connectivity index (χ3n) is 3.28. The summed E-state index contributed by atoms with van der Waals surface area (Å²) in [4.78, 5) is 15.0. The number of carbonyl (C=O) groups is 1. The summed E-state index contributed by atoms with van der Waals surface area (Å²) in [5.74, 6) is -0.125. The molecule has 0 aliphatic carbocycles. The number of aromatic nitrogens is 1. The lowest BCUT2D eigenvalue weighted by molar-refractivity contribution is 0.0905. The van der Waals surface area contributed by atoms with Crippen molar-refractivity contribution in [2.24, 2.45) is 0 Å². The van der Waals surface area contributed by atoms with Crippen molar-refractivity contribution in [2.45, 2.75) is 32.2 Å². The lowest BCUT2D eigenvalue weighted by Gasteiger charge is -2.26. The van der Waals surface area contributed by atoms with Crippen LogP contribution in [0.4, 0.5) is 5.69 Å². The molecule has 0 aliphatic rings. The van der Waals surface area contributed by atoms with E-state index in [0.29, 0.717) is 11.4 Å². The van der Waals surface area contributed by atoms with E-state index in [-0.39, 0.29) is 11.4 Å². The number of hydrogen-bond donors (Lipinski definition) is 3. The highest BCUT2D eigenvalue weighted by Gasteiger charge is 2.21. The van der Waals surface area contributed by atoms with Gasteiger partial charge in [-0.2, -0.15) is 0 Å². The fourth-order valence-corrected chi connectivity index (χ4v) is 2.08. The number of nitrogen functional groups attached to an aromatic ring is 1. The van der Waals surface area contributed by atoms with Gasteiger partial charge in [0.05, 0.1) is 0 Å². The second-order valence-electron chi connectivity index (χ2n) is 5.67. The maximum Gasteiger partial charge on any atom is 0.268 e. The van der Waals surface area contributed by atoms with Crippen LogP contribution in [0.1, 0.15) is 36.3 Å². The highest BCUT2D eigenvalue weighted by atomic mass is 16.2. The Morgan fingerprint density at radius 1 is 1.30 bits per heavy atom. The molecule has 0 saturated heterocycles. The molecule has 4 heteroatoms. The van der Waals surface area contributed by atoms with Crippen LogP contribution in [-0.4, -0.2) is 16.4 Å². The topological polar surface area (TPSA) is 70.9 Å². The smallest absolute Gasteiger partial charge is 0.268 e. The third-order valence-corrected chi connectivity index (χ3v) is 3.28. The summed E-state index contributed by atoms with van der Waals surface area (Å²) in [6.45, 7) is 4.06. The van der Waals surface area contributed by atoms with Crippen molar-refractivity contribution in [1.82, 2.24) is 10.3 Å². The number of H-pyrrole nitrogens is 1. The Balaban J connectivity index is 1.92. The van der Waals surface area contributed by atoms with Crippen LogP contribution in [0.3, 0.4) is 0 Å². The zero-order valence-corrected chi connectivity index (χ0v) is 11.9. The molecule has 1 amide bonds. The molecule has 0 radical (unpaired) electrons. The highest BCUT2D eigenvalue weighted by molar-refractivity contribution is 5.93. The zero-order valence-electron chi connectivity index (χ0n) is 11.9. The van der Waals surface area contributed by atoms with Gasteiger partial charge in [0.2, 0.25) is 0 Å². The van der Waals surface area contributed by atoms with E-state index in [0.717, 1.165) is 12.8 Å². The number of rotatable bonds is 5. The van der Waals surface area contributed by atoms with Crippen LogP contribution in [0.25, 0.3) is 0 Å². The number of nitrogens with two attached hydrogens (primary N) is 1. The largest absolute Gasteiger partial charge is 0.397 e. The number of carbonyl (C=O) groups excluding carboxylic acids is 1. The molecule has 0 unspecified atom stereocenters. The SMILES string of the molecule is CC(C)(CCc1ccccc1)NC(=O)c1cc(N)c[nH]1. The number of aromatic amines is 1. The molecule has 0 spiro atoms. The second-order valence-corrected chi connectivity index (χ2v) is 5.67. The van der Waals surface area contributed by atoms with E-state index < -0.39 is 0 Å². The Bertz CT molecular complexity index is 572. The molecule has 1 heterocycles. The molecule has 1 aromatic heterocycles. The summed E-state index contributed by atoms with van der Waals surface area (Å²) in [7, 11) is 0. The quantitative estimate of drug-likeness (QED) is 0.782. The Morgan fingerprint density at radius 3 is 2.60 bits per heavy atom. The summed E-state index contributed by atoms with van der Waals surface area (Å²) in [6, 6.07) is 11.9. The lowest BCUT2D eigenvalue weighted by atomic mass is 9.95. The van der Waals surface area contributed by atoms with Crippen molar-refractivity contribution in [3.63, 3.8) is 0 Å². The van der Waals surface area contributed by atoms with E-state index in [4.69, 9.17) is 5.73 Å². The molecule has 0 aliphatic heterocycles. The summed E-state index contributed by atoms with van der Waals surface area (Å²) in [5, 5.41) is 3.03. The molecule has 2 rings (SSSR count). The molecule has 4 N–H and O–H groups in total. The van der Waals surface area contributed by atoms with Gasteiger partial charge < -0.3 is 16.0 Å². The number of nitrogens with one attached hydrogen (secondary N) is 2. The van der Waals surface area contributed by atoms with Crippen molar-refractivity contribution in [3.8, 4) is 0 Å². The molecule has 20 heavy (non-hydrogen) atoms. The van der Waals surface area contributed by atoms with Gasteiger partial charge in [-0.3, -0.25) is 4.79 Å². The lowest BCUT2D eigenvalue weighted by Crippen LogP contribution is -2.43. The summed E-state index contributed by atoms with van der Waals surface area (Å²) in [6.07, 6.45) is 3.42. The van der Waals surface area contributed by atoms with Crippen molar-refractivity contribution < 1.29 is 4.79 Å². The average Bonchev–Trinajstić information content (AvgIpc) is 2.84. The van der Waals surface area contributed by atoms with E-state index in [1.54, 1.807) is 12.3 Å². The van der Waals surface area contributed by atoms with Crippen molar-refractivity contribution in [1.29, 1.82) is 0 Å². The number of benzene rings is 1. The fourth-order valence-electron chi connectivity index (χ4n) is 2.08. The fraction of sp³-hybridized carbons (Fsp3) is 0.312. The van der Waals surface area contributed by atoms with E-state index in [9.17, 15) is 4.79 Å². The molecular formula is C16H21N3O. The first-order valence-electron chi connectivity index (χ1n) is 6.77. The van der Waals surface area contributed by atoms with E-state index in [1.165, 1.54) is 5.56 Å². The Labute approximate surface area is 119 Å². The predicted octanol–water partition coefficient (Wildman–Crippen LogP) is 2.74. The molecule has 2 aromatic rings. The number of anilines is 1. The first-order chi connectivity index (χ1) is 9.46. The van der Waals surface area contributed by atoms with Crippen LogP contribution in [0.5, 0.6) is 0 Å². The van der Waals surface area contributed by atoms with Gasteiger partial charge in [-0.25, -0.2) is 0 Å². The van der Waals surface area contributed by atoms with Gasteiger partial charge in [0, 0.05) is 17.4 Å². The molecule has 0 fully saturated rings. The highest BCUT2D eigenvalue weighted by Crippen LogP contribution is 2.15. The molecular weight excluding hydrogens is 250 g/mol.